The average Bonchev–Trinajstić information content (AvgIpc) is 3.47. The summed E-state index contributed by atoms with van der Waals surface area (Å²) in [6.45, 7) is 0. The number of amides is 1. The van der Waals surface area contributed by atoms with E-state index in [9.17, 15) is 4.79 Å². The summed E-state index contributed by atoms with van der Waals surface area (Å²) >= 11 is 1.40. The molecule has 8 heteroatoms. The summed E-state index contributed by atoms with van der Waals surface area (Å²) in [5, 5.41) is 9.37. The van der Waals surface area contributed by atoms with E-state index >= 15 is 0 Å². The molecule has 7 nitrogen and oxygen atoms in total. The molecule has 32 heavy (non-hydrogen) atoms. The van der Waals surface area contributed by atoms with Crippen LogP contribution in [0, 0.1) is 0 Å². The quantitative estimate of drug-likeness (QED) is 0.423. The van der Waals surface area contributed by atoms with Gasteiger partial charge < -0.3 is 10.2 Å². The zero-order valence-corrected chi connectivity index (χ0v) is 18.4. The van der Waals surface area contributed by atoms with Gasteiger partial charge in [-0.25, -0.2) is 9.50 Å². The number of thiophene rings is 1. The lowest BCUT2D eigenvalue weighted by Gasteiger charge is -2.12. The number of carbonyl (C=O) groups is 1. The molecule has 0 atom stereocenters. The molecule has 0 bridgehead atoms. The van der Waals surface area contributed by atoms with Gasteiger partial charge in [0.05, 0.1) is 11.1 Å². The Labute approximate surface area is 189 Å². The Kier molecular flexibility index (Phi) is 5.12. The van der Waals surface area contributed by atoms with Gasteiger partial charge in [0.1, 0.15) is 0 Å². The third-order valence-electron chi connectivity index (χ3n) is 5.13. The molecule has 158 valence electrons. The number of nitrogens with one attached hydrogen (secondary N) is 1. The summed E-state index contributed by atoms with van der Waals surface area (Å²) in [5.41, 5.74) is 6.29. The molecule has 1 N–H and O–H groups in total. The number of pyridine rings is 1. The minimum Gasteiger partial charge on any atom is -0.378 e. The maximum absolute atomic E-state index is 12.7. The molecule has 4 aromatic heterocycles. The van der Waals surface area contributed by atoms with E-state index in [4.69, 9.17) is 0 Å². The van der Waals surface area contributed by atoms with E-state index in [1.165, 1.54) is 11.3 Å². The van der Waals surface area contributed by atoms with E-state index in [0.29, 0.717) is 4.88 Å². The van der Waals surface area contributed by atoms with E-state index in [-0.39, 0.29) is 5.91 Å². The van der Waals surface area contributed by atoms with Crippen LogP contribution in [-0.2, 0) is 0 Å². The Morgan fingerprint density at radius 2 is 1.88 bits per heavy atom. The number of hydrogen-bond donors (Lipinski definition) is 1. The van der Waals surface area contributed by atoms with Crippen LogP contribution in [0.15, 0.2) is 78.8 Å². The molecule has 0 spiro atoms. The topological polar surface area (TPSA) is 75.4 Å². The van der Waals surface area contributed by atoms with Crippen molar-refractivity contribution in [3.05, 3.63) is 83.7 Å². The van der Waals surface area contributed by atoms with Crippen LogP contribution < -0.4 is 10.2 Å². The highest BCUT2D eigenvalue weighted by molar-refractivity contribution is 7.12. The smallest absolute Gasteiger partial charge is 0.265 e. The summed E-state index contributed by atoms with van der Waals surface area (Å²) in [6.07, 6.45) is 9.06. The highest BCUT2D eigenvalue weighted by Crippen LogP contribution is 2.30. The molecule has 1 aromatic carbocycles. The van der Waals surface area contributed by atoms with Crippen LogP contribution >= 0.6 is 11.3 Å². The number of carbonyl (C=O) groups excluding carboxylic acids is 1. The van der Waals surface area contributed by atoms with Gasteiger partial charge in [0.25, 0.3) is 5.91 Å². The van der Waals surface area contributed by atoms with Crippen LogP contribution in [0.3, 0.4) is 0 Å². The van der Waals surface area contributed by atoms with E-state index in [2.05, 4.69) is 20.4 Å². The van der Waals surface area contributed by atoms with Crippen molar-refractivity contribution in [1.82, 2.24) is 19.6 Å². The molecule has 0 unspecified atom stereocenters. The molecule has 1 amide bonds. The molecule has 5 rings (SSSR count). The molecule has 0 saturated heterocycles. The number of benzene rings is 1. The zero-order chi connectivity index (χ0) is 22.1. The lowest BCUT2D eigenvalue weighted by Crippen LogP contribution is -2.11. The van der Waals surface area contributed by atoms with Crippen molar-refractivity contribution in [3.8, 4) is 22.3 Å². The fourth-order valence-electron chi connectivity index (χ4n) is 3.39. The number of aromatic nitrogens is 4. The molecule has 4 heterocycles. The molecule has 0 saturated carbocycles. The van der Waals surface area contributed by atoms with E-state index in [1.54, 1.807) is 23.1 Å². The van der Waals surface area contributed by atoms with Gasteiger partial charge in [-0.1, -0.05) is 6.07 Å². The van der Waals surface area contributed by atoms with Crippen molar-refractivity contribution in [2.45, 2.75) is 0 Å². The molecule has 0 aliphatic carbocycles. The van der Waals surface area contributed by atoms with E-state index < -0.39 is 0 Å². The fraction of sp³-hybridized carbons (Fsp3) is 0.0833. The normalized spacial score (nSPS) is 10.9. The second kappa shape index (κ2) is 8.24. The van der Waals surface area contributed by atoms with Crippen molar-refractivity contribution in [2.24, 2.45) is 0 Å². The van der Waals surface area contributed by atoms with Crippen LogP contribution in [-0.4, -0.2) is 39.6 Å². The largest absolute Gasteiger partial charge is 0.378 e. The Morgan fingerprint density at radius 3 is 2.62 bits per heavy atom. The Balaban J connectivity index is 1.37. The van der Waals surface area contributed by atoms with Gasteiger partial charge in [-0.15, -0.1) is 11.3 Å². The van der Waals surface area contributed by atoms with Crippen LogP contribution in [0.1, 0.15) is 9.67 Å². The van der Waals surface area contributed by atoms with Crippen LogP contribution in [0.25, 0.3) is 27.9 Å². The third kappa shape index (κ3) is 3.83. The second-order valence-electron chi connectivity index (χ2n) is 7.51. The first kappa shape index (κ1) is 19.9. The van der Waals surface area contributed by atoms with E-state index in [1.807, 2.05) is 79.2 Å². The number of nitrogens with zero attached hydrogens (tertiary/aromatic N) is 5. The number of rotatable bonds is 5. The van der Waals surface area contributed by atoms with Crippen molar-refractivity contribution in [2.75, 3.05) is 24.3 Å². The lowest BCUT2D eigenvalue weighted by molar-refractivity contribution is 0.103. The third-order valence-corrected chi connectivity index (χ3v) is 6.06. The predicted octanol–water partition coefficient (Wildman–Crippen LogP) is 4.84. The van der Waals surface area contributed by atoms with Crippen molar-refractivity contribution in [1.29, 1.82) is 0 Å². The molecule has 0 aliphatic rings. The summed E-state index contributed by atoms with van der Waals surface area (Å²) in [5.74, 6) is -0.137. The summed E-state index contributed by atoms with van der Waals surface area (Å²) in [7, 11) is 3.96. The number of hydrogen-bond acceptors (Lipinski definition) is 6. The maximum Gasteiger partial charge on any atom is 0.265 e. The predicted molar refractivity (Wildman–Crippen MR) is 128 cm³/mol. The van der Waals surface area contributed by atoms with Gasteiger partial charge in [-0.05, 0) is 47.3 Å². The first-order chi connectivity index (χ1) is 15.6. The highest BCUT2D eigenvalue weighted by atomic mass is 32.1. The molecule has 0 fully saturated rings. The maximum atomic E-state index is 12.7. The molecule has 0 aliphatic heterocycles. The Hall–Kier alpha value is -4.04. The van der Waals surface area contributed by atoms with Crippen molar-refractivity contribution in [3.63, 3.8) is 0 Å². The van der Waals surface area contributed by atoms with E-state index in [0.717, 1.165) is 39.3 Å². The second-order valence-corrected chi connectivity index (χ2v) is 8.42. The fourth-order valence-corrected chi connectivity index (χ4v) is 4.20. The van der Waals surface area contributed by atoms with Gasteiger partial charge in [-0.2, -0.15) is 5.10 Å². The highest BCUT2D eigenvalue weighted by Gasteiger charge is 2.15. The Bertz CT molecular complexity index is 1390. The zero-order valence-electron chi connectivity index (χ0n) is 17.6. The monoisotopic (exact) mass is 440 g/mol. The lowest BCUT2D eigenvalue weighted by atomic mass is 10.1. The van der Waals surface area contributed by atoms with Crippen molar-refractivity contribution >= 4 is 34.3 Å². The first-order valence-corrected chi connectivity index (χ1v) is 10.9. The van der Waals surface area contributed by atoms with Crippen LogP contribution in [0.5, 0.6) is 0 Å². The van der Waals surface area contributed by atoms with Gasteiger partial charge in [0, 0.05) is 66.9 Å². The Morgan fingerprint density at radius 1 is 1.03 bits per heavy atom. The first-order valence-electron chi connectivity index (χ1n) is 10.00. The van der Waals surface area contributed by atoms with Crippen LogP contribution in [0.4, 0.5) is 11.4 Å². The minimum atomic E-state index is -0.137. The summed E-state index contributed by atoms with van der Waals surface area (Å²) < 4.78 is 1.75. The number of fused-ring (bicyclic) bond motifs is 1. The van der Waals surface area contributed by atoms with Gasteiger partial charge in [0.2, 0.25) is 0 Å². The number of anilines is 2. The average molecular weight is 441 g/mol. The molecular weight excluding hydrogens is 420 g/mol. The van der Waals surface area contributed by atoms with Gasteiger partial charge >= 0.3 is 0 Å². The molecule has 5 aromatic rings. The van der Waals surface area contributed by atoms with Crippen molar-refractivity contribution < 1.29 is 4.79 Å². The van der Waals surface area contributed by atoms with Crippen LogP contribution in [0.2, 0.25) is 0 Å². The summed E-state index contributed by atoms with van der Waals surface area (Å²) in [6, 6.07) is 13.5. The van der Waals surface area contributed by atoms with Gasteiger partial charge in [-0.3, -0.25) is 9.78 Å². The molecule has 0 radical (unpaired) electrons. The standard InChI is InChI=1S/C24H20N6OS/c1-29(2)20-7-5-19(6-8-20)28-24(31)22-10-17(15-32-22)21-13-27-30-14-18(12-26-23(21)30)16-4-3-9-25-11-16/h3-15H,1-2H3,(H,28,31). The minimum absolute atomic E-state index is 0.137. The summed E-state index contributed by atoms with van der Waals surface area (Å²) in [4.78, 5) is 24.1. The van der Waals surface area contributed by atoms with Gasteiger partial charge in [0.15, 0.2) is 5.65 Å². The molecular formula is C24H20N6OS. The SMILES string of the molecule is CN(C)c1ccc(NC(=O)c2cc(-c3cnn4cc(-c5cccnc5)cnc34)cs2)cc1.